The lowest BCUT2D eigenvalue weighted by Crippen LogP contribution is -2.08. The minimum Gasteiger partial charge on any atom is -0.302 e. The van der Waals surface area contributed by atoms with Crippen molar-refractivity contribution in [2.45, 2.75) is 83.7 Å². The van der Waals surface area contributed by atoms with Crippen molar-refractivity contribution in [2.24, 2.45) is 0 Å². The highest BCUT2D eigenvalue weighted by Gasteiger charge is 2.27. The van der Waals surface area contributed by atoms with Gasteiger partial charge in [-0.1, -0.05) is 125 Å². The molecular weight excluding hydrogens is 407 g/mol. The van der Waals surface area contributed by atoms with Gasteiger partial charge in [0.25, 0.3) is 0 Å². The lowest BCUT2D eigenvalue weighted by Gasteiger charge is -2.21. The molecule has 0 amide bonds. The van der Waals surface area contributed by atoms with Crippen LogP contribution in [0.4, 0.5) is 0 Å². The summed E-state index contributed by atoms with van der Waals surface area (Å²) in [5, 5.41) is 0. The molecule has 0 saturated carbocycles. The van der Waals surface area contributed by atoms with Crippen LogP contribution in [-0.2, 0) is 20.0 Å². The average molecular weight is 447 g/mol. The highest BCUT2D eigenvalue weighted by Crippen LogP contribution is 2.48. The zero-order valence-corrected chi connectivity index (χ0v) is 19.8. The molecule has 4 nitrogen and oxygen atoms in total. The van der Waals surface area contributed by atoms with Crippen LogP contribution in [-0.4, -0.2) is 11.5 Å². The van der Waals surface area contributed by atoms with Crippen LogP contribution in [0.3, 0.4) is 0 Å². The molecule has 0 fully saturated rings. The normalized spacial score (nSPS) is 14.3. The molecule has 2 atom stereocenters. The van der Waals surface area contributed by atoms with E-state index in [1.165, 1.54) is 44.9 Å². The van der Waals surface area contributed by atoms with Gasteiger partial charge in [0.05, 0.1) is 12.7 Å². The van der Waals surface area contributed by atoms with Crippen molar-refractivity contribution in [1.29, 1.82) is 0 Å². The maximum absolute atomic E-state index is 12.6. The van der Waals surface area contributed by atoms with Gasteiger partial charge in [0.15, 0.2) is 0 Å². The van der Waals surface area contributed by atoms with E-state index >= 15 is 0 Å². The van der Waals surface area contributed by atoms with E-state index in [4.69, 9.17) is 9.05 Å². The molecule has 2 rings (SSSR count). The molecule has 0 saturated heterocycles. The van der Waals surface area contributed by atoms with Gasteiger partial charge in [-0.25, -0.2) is 4.57 Å². The van der Waals surface area contributed by atoms with Crippen LogP contribution in [0.25, 0.3) is 0 Å². The van der Waals surface area contributed by atoms with E-state index in [1.807, 2.05) is 60.7 Å². The van der Waals surface area contributed by atoms with E-state index in [-0.39, 0.29) is 6.61 Å². The number of hydrogen-bond donors (Lipinski definition) is 1. The van der Waals surface area contributed by atoms with Crippen LogP contribution in [0.15, 0.2) is 60.7 Å². The Labute approximate surface area is 188 Å². The standard InChI is InChI=1S/C26H39O4P/c1-2-3-4-5-6-7-8-9-10-17-22-29-31(27,28)30-26(25-20-15-12-16-21-25)23-24-18-13-11-14-19-24/h11-16,18-21,26H,2-10,17,22-23H2,1H3,(H,27,28). The second kappa shape index (κ2) is 15.4. The van der Waals surface area contributed by atoms with Gasteiger partial charge < -0.3 is 4.89 Å². The molecule has 0 aliphatic rings. The van der Waals surface area contributed by atoms with E-state index in [2.05, 4.69) is 6.92 Å². The third kappa shape index (κ3) is 11.7. The number of rotatable bonds is 17. The van der Waals surface area contributed by atoms with Gasteiger partial charge in [0, 0.05) is 6.42 Å². The highest BCUT2D eigenvalue weighted by atomic mass is 31.2. The van der Waals surface area contributed by atoms with Crippen LogP contribution in [0, 0.1) is 0 Å². The molecule has 0 aromatic heterocycles. The molecule has 0 spiro atoms. The van der Waals surface area contributed by atoms with E-state index in [1.54, 1.807) is 0 Å². The van der Waals surface area contributed by atoms with Gasteiger partial charge in [0.2, 0.25) is 0 Å². The van der Waals surface area contributed by atoms with E-state index in [0.717, 1.165) is 30.4 Å². The summed E-state index contributed by atoms with van der Waals surface area (Å²) in [5.74, 6) is 0. The summed E-state index contributed by atoms with van der Waals surface area (Å²) in [7, 11) is -4.13. The van der Waals surface area contributed by atoms with E-state index < -0.39 is 13.9 Å². The summed E-state index contributed by atoms with van der Waals surface area (Å²) in [5.41, 5.74) is 1.91. The van der Waals surface area contributed by atoms with Crippen LogP contribution in [0.5, 0.6) is 0 Å². The maximum atomic E-state index is 12.6. The molecule has 31 heavy (non-hydrogen) atoms. The summed E-state index contributed by atoms with van der Waals surface area (Å²) < 4.78 is 23.4. The molecule has 1 N–H and O–H groups in total. The molecule has 0 aliphatic carbocycles. The van der Waals surface area contributed by atoms with E-state index in [9.17, 15) is 9.46 Å². The fraction of sp³-hybridized carbons (Fsp3) is 0.538. The van der Waals surface area contributed by atoms with Crippen molar-refractivity contribution in [2.75, 3.05) is 6.61 Å². The van der Waals surface area contributed by atoms with Gasteiger partial charge in [0.1, 0.15) is 0 Å². The lowest BCUT2D eigenvalue weighted by molar-refractivity contribution is 0.103. The summed E-state index contributed by atoms with van der Waals surface area (Å²) in [6.45, 7) is 2.49. The summed E-state index contributed by atoms with van der Waals surface area (Å²) in [4.78, 5) is 10.3. The van der Waals surface area contributed by atoms with Crippen molar-refractivity contribution in [3.05, 3.63) is 71.8 Å². The monoisotopic (exact) mass is 446 g/mol. The van der Waals surface area contributed by atoms with Crippen molar-refractivity contribution in [1.82, 2.24) is 0 Å². The molecule has 0 radical (unpaired) electrons. The SMILES string of the molecule is CCCCCCCCCCCCOP(=O)(O)OC(Cc1ccccc1)c1ccccc1. The maximum Gasteiger partial charge on any atom is 0.472 e. The first-order valence-electron chi connectivity index (χ1n) is 11.9. The van der Waals surface area contributed by atoms with Crippen LogP contribution in [0.2, 0.25) is 0 Å². The second-order valence-corrected chi connectivity index (χ2v) is 9.58. The molecule has 0 heterocycles. The molecule has 2 aromatic rings. The Morgan fingerprint density at radius 3 is 1.87 bits per heavy atom. The van der Waals surface area contributed by atoms with Gasteiger partial charge in [-0.05, 0) is 17.5 Å². The number of benzene rings is 2. The smallest absolute Gasteiger partial charge is 0.302 e. The fourth-order valence-electron chi connectivity index (χ4n) is 3.67. The lowest BCUT2D eigenvalue weighted by atomic mass is 10.0. The summed E-state index contributed by atoms with van der Waals surface area (Å²) >= 11 is 0. The zero-order chi connectivity index (χ0) is 22.2. The Hall–Kier alpha value is -1.45. The summed E-state index contributed by atoms with van der Waals surface area (Å²) in [6, 6.07) is 19.4. The highest BCUT2D eigenvalue weighted by molar-refractivity contribution is 7.47. The quantitative estimate of drug-likeness (QED) is 0.197. The third-order valence-electron chi connectivity index (χ3n) is 5.45. The number of phosphoric ester groups is 1. The Morgan fingerprint density at radius 2 is 1.29 bits per heavy atom. The van der Waals surface area contributed by atoms with Crippen LogP contribution < -0.4 is 0 Å². The topological polar surface area (TPSA) is 55.8 Å². The van der Waals surface area contributed by atoms with E-state index in [0.29, 0.717) is 6.42 Å². The second-order valence-electron chi connectivity index (χ2n) is 8.18. The van der Waals surface area contributed by atoms with Gasteiger partial charge in [-0.3, -0.25) is 9.05 Å². The summed E-state index contributed by atoms with van der Waals surface area (Å²) in [6.07, 6.45) is 12.1. The molecule has 5 heteroatoms. The molecule has 2 unspecified atom stereocenters. The predicted molar refractivity (Wildman–Crippen MR) is 128 cm³/mol. The average Bonchev–Trinajstić information content (AvgIpc) is 2.78. The Balaban J connectivity index is 1.71. The van der Waals surface area contributed by atoms with Crippen molar-refractivity contribution in [3.8, 4) is 0 Å². The van der Waals surface area contributed by atoms with Crippen LogP contribution in [0.1, 0.15) is 88.4 Å². The van der Waals surface area contributed by atoms with Gasteiger partial charge in [-0.15, -0.1) is 0 Å². The number of hydrogen-bond acceptors (Lipinski definition) is 3. The predicted octanol–water partition coefficient (Wildman–Crippen LogP) is 8.02. The van der Waals surface area contributed by atoms with Crippen molar-refractivity contribution < 1.29 is 18.5 Å². The van der Waals surface area contributed by atoms with Crippen molar-refractivity contribution >= 4 is 7.82 Å². The number of unbranched alkanes of at least 4 members (excludes halogenated alkanes) is 9. The zero-order valence-electron chi connectivity index (χ0n) is 19.0. The Morgan fingerprint density at radius 1 is 0.774 bits per heavy atom. The Bertz CT molecular complexity index is 736. The first-order chi connectivity index (χ1) is 15.1. The van der Waals surface area contributed by atoms with Crippen LogP contribution >= 0.6 is 7.82 Å². The largest absolute Gasteiger partial charge is 0.472 e. The fourth-order valence-corrected chi connectivity index (χ4v) is 4.61. The molecule has 2 aromatic carbocycles. The minimum absolute atomic E-state index is 0.247. The molecule has 0 aliphatic heterocycles. The minimum atomic E-state index is -4.13. The molecule has 172 valence electrons. The number of phosphoric acid groups is 1. The molecular formula is C26H39O4P. The first-order valence-corrected chi connectivity index (χ1v) is 13.3. The Kier molecular flexibility index (Phi) is 12.8. The first kappa shape index (κ1) is 25.8. The van der Waals surface area contributed by atoms with Crippen molar-refractivity contribution in [3.63, 3.8) is 0 Å². The van der Waals surface area contributed by atoms with Gasteiger partial charge >= 0.3 is 7.82 Å². The third-order valence-corrected chi connectivity index (χ3v) is 6.48. The molecule has 0 bridgehead atoms. The van der Waals surface area contributed by atoms with Gasteiger partial charge in [-0.2, -0.15) is 0 Å².